The number of halogens is 1. The third-order valence-electron chi connectivity index (χ3n) is 7.29. The van der Waals surface area contributed by atoms with E-state index in [0.29, 0.717) is 25.8 Å². The first-order valence-electron chi connectivity index (χ1n) is 13.8. The van der Waals surface area contributed by atoms with Gasteiger partial charge in [0.1, 0.15) is 12.1 Å². The third-order valence-corrected chi connectivity index (χ3v) is 7.29. The standard InChI is InChI=1S/C29H41N5O5.ClH/c1-3-20(4-2)29(39)34-13-7-10-25(34)28(38)33-24(27(37)32-18-23(35)17-31-26(36)16-30)15-19-11-12-21-8-5-6-9-22(21)14-19;/h5-6,8-9,11-12,14,20,23-25,35H,3-4,7,10,13,15-18,30H2,1-2H3,(H,31,36)(H,32,37)(H,33,38);1H/t23?,24-,25?;/m1./s1. The predicted octanol–water partition coefficient (Wildman–Crippen LogP) is 1.27. The lowest BCUT2D eigenvalue weighted by Gasteiger charge is -2.29. The Bertz CT molecular complexity index is 1160. The predicted molar refractivity (Wildman–Crippen MR) is 157 cm³/mol. The van der Waals surface area contributed by atoms with Gasteiger partial charge in [0.2, 0.25) is 23.6 Å². The molecule has 3 rings (SSSR count). The van der Waals surface area contributed by atoms with Crippen LogP contribution in [0.15, 0.2) is 42.5 Å². The van der Waals surface area contributed by atoms with Crippen molar-refractivity contribution in [2.45, 2.75) is 64.1 Å². The Morgan fingerprint density at radius 2 is 1.70 bits per heavy atom. The third kappa shape index (κ3) is 8.90. The van der Waals surface area contributed by atoms with Crippen molar-refractivity contribution in [1.82, 2.24) is 20.9 Å². The van der Waals surface area contributed by atoms with E-state index in [1.807, 2.05) is 56.3 Å². The SMILES string of the molecule is CCC(CC)C(=O)N1CCCC1C(=O)N[C@H](Cc1ccc2ccccc2c1)C(=O)NCC(O)CNC(=O)CN.Cl. The molecule has 40 heavy (non-hydrogen) atoms. The number of likely N-dealkylation sites (tertiary alicyclic amines) is 1. The van der Waals surface area contributed by atoms with Crippen LogP contribution in [0, 0.1) is 5.92 Å². The molecule has 3 atom stereocenters. The Labute approximate surface area is 241 Å². The molecule has 10 nitrogen and oxygen atoms in total. The lowest BCUT2D eigenvalue weighted by Crippen LogP contribution is -2.55. The minimum absolute atomic E-state index is 0. The first kappa shape index (κ1) is 33.0. The number of nitrogens with one attached hydrogen (secondary N) is 3. The number of hydrogen-bond acceptors (Lipinski definition) is 6. The number of amides is 4. The van der Waals surface area contributed by atoms with E-state index in [1.165, 1.54) is 0 Å². The maximum atomic E-state index is 13.4. The van der Waals surface area contributed by atoms with Crippen LogP contribution >= 0.6 is 12.4 Å². The monoisotopic (exact) mass is 575 g/mol. The number of aliphatic hydroxyl groups is 1. The second-order valence-electron chi connectivity index (χ2n) is 10.1. The summed E-state index contributed by atoms with van der Waals surface area (Å²) in [6, 6.07) is 12.2. The summed E-state index contributed by atoms with van der Waals surface area (Å²) in [5.74, 6) is -1.38. The number of aliphatic hydroxyl groups excluding tert-OH is 1. The molecule has 1 aliphatic rings. The fourth-order valence-electron chi connectivity index (χ4n) is 4.97. The van der Waals surface area contributed by atoms with E-state index >= 15 is 0 Å². The Morgan fingerprint density at radius 1 is 1.02 bits per heavy atom. The van der Waals surface area contributed by atoms with E-state index in [0.717, 1.165) is 22.8 Å². The smallest absolute Gasteiger partial charge is 0.243 e. The van der Waals surface area contributed by atoms with Crippen molar-refractivity contribution >= 4 is 46.8 Å². The van der Waals surface area contributed by atoms with Crippen LogP contribution in [0.5, 0.6) is 0 Å². The molecular formula is C29H42ClN5O5. The molecule has 220 valence electrons. The maximum Gasteiger partial charge on any atom is 0.243 e. The molecule has 0 aromatic heterocycles. The van der Waals surface area contributed by atoms with Crippen molar-refractivity contribution in [1.29, 1.82) is 0 Å². The van der Waals surface area contributed by atoms with Crippen molar-refractivity contribution in [3.8, 4) is 0 Å². The van der Waals surface area contributed by atoms with Crippen LogP contribution in [-0.2, 0) is 25.6 Å². The molecule has 0 saturated carbocycles. The van der Waals surface area contributed by atoms with Crippen molar-refractivity contribution < 1.29 is 24.3 Å². The van der Waals surface area contributed by atoms with Gasteiger partial charge in [-0.1, -0.05) is 56.3 Å². The van der Waals surface area contributed by atoms with E-state index in [9.17, 15) is 24.3 Å². The molecule has 6 N–H and O–H groups in total. The highest BCUT2D eigenvalue weighted by molar-refractivity contribution is 5.93. The van der Waals surface area contributed by atoms with Crippen molar-refractivity contribution in [3.05, 3.63) is 48.0 Å². The minimum Gasteiger partial charge on any atom is -0.389 e. The molecule has 2 aromatic carbocycles. The van der Waals surface area contributed by atoms with Gasteiger partial charge in [-0.3, -0.25) is 19.2 Å². The topological polar surface area (TPSA) is 154 Å². The van der Waals surface area contributed by atoms with Crippen molar-refractivity contribution in [3.63, 3.8) is 0 Å². The first-order chi connectivity index (χ1) is 18.8. The van der Waals surface area contributed by atoms with E-state index in [4.69, 9.17) is 5.73 Å². The summed E-state index contributed by atoms with van der Waals surface area (Å²) in [6.07, 6.45) is 1.90. The highest BCUT2D eigenvalue weighted by Crippen LogP contribution is 2.23. The summed E-state index contributed by atoms with van der Waals surface area (Å²) in [5.41, 5.74) is 6.12. The van der Waals surface area contributed by atoms with E-state index in [1.54, 1.807) is 4.90 Å². The summed E-state index contributed by atoms with van der Waals surface area (Å²) >= 11 is 0. The maximum absolute atomic E-state index is 13.4. The average molecular weight is 576 g/mol. The fraction of sp³-hybridized carbons (Fsp3) is 0.517. The highest BCUT2D eigenvalue weighted by atomic mass is 35.5. The number of carbonyl (C=O) groups is 4. The van der Waals surface area contributed by atoms with Gasteiger partial charge < -0.3 is 31.7 Å². The molecule has 1 fully saturated rings. The molecular weight excluding hydrogens is 534 g/mol. The minimum atomic E-state index is -1.02. The molecule has 1 saturated heterocycles. The molecule has 11 heteroatoms. The van der Waals surface area contributed by atoms with Gasteiger partial charge in [-0.15, -0.1) is 12.4 Å². The van der Waals surface area contributed by atoms with Gasteiger partial charge in [-0.2, -0.15) is 0 Å². The molecule has 2 aromatic rings. The molecule has 0 radical (unpaired) electrons. The summed E-state index contributed by atoms with van der Waals surface area (Å²) in [4.78, 5) is 52.8. The van der Waals surface area contributed by atoms with Crippen LogP contribution in [0.4, 0.5) is 0 Å². The number of nitrogens with two attached hydrogens (primary N) is 1. The molecule has 0 spiro atoms. The zero-order valence-electron chi connectivity index (χ0n) is 23.2. The van der Waals surface area contributed by atoms with Gasteiger partial charge in [-0.05, 0) is 42.0 Å². The molecule has 1 aliphatic heterocycles. The van der Waals surface area contributed by atoms with E-state index in [-0.39, 0.29) is 56.2 Å². The lowest BCUT2D eigenvalue weighted by molar-refractivity contribution is -0.142. The number of fused-ring (bicyclic) bond motifs is 1. The normalized spacial score (nSPS) is 16.2. The Morgan fingerprint density at radius 3 is 2.38 bits per heavy atom. The Hall–Kier alpha value is -3.21. The van der Waals surface area contributed by atoms with Crippen LogP contribution in [-0.4, -0.2) is 78.0 Å². The summed E-state index contributed by atoms with van der Waals surface area (Å²) in [7, 11) is 0. The van der Waals surface area contributed by atoms with Crippen LogP contribution in [0.3, 0.4) is 0 Å². The number of rotatable bonds is 13. The average Bonchev–Trinajstić information content (AvgIpc) is 3.45. The zero-order chi connectivity index (χ0) is 28.4. The van der Waals surface area contributed by atoms with Crippen molar-refractivity contribution in [2.24, 2.45) is 11.7 Å². The van der Waals surface area contributed by atoms with E-state index < -0.39 is 30.0 Å². The van der Waals surface area contributed by atoms with Crippen molar-refractivity contribution in [2.75, 3.05) is 26.2 Å². The summed E-state index contributed by atoms with van der Waals surface area (Å²) in [6.45, 7) is 4.09. The molecule has 4 amide bonds. The van der Waals surface area contributed by atoms with Crippen LogP contribution in [0.2, 0.25) is 0 Å². The van der Waals surface area contributed by atoms with Gasteiger partial charge >= 0.3 is 0 Å². The van der Waals surface area contributed by atoms with Gasteiger partial charge in [0.15, 0.2) is 0 Å². The van der Waals surface area contributed by atoms with Gasteiger partial charge in [0, 0.05) is 32.0 Å². The summed E-state index contributed by atoms with van der Waals surface area (Å²) in [5, 5.41) is 20.3. The quantitative estimate of drug-likeness (QED) is 0.242. The Balaban J connectivity index is 0.00000560. The van der Waals surface area contributed by atoms with E-state index in [2.05, 4.69) is 16.0 Å². The van der Waals surface area contributed by atoms with Gasteiger partial charge in [-0.25, -0.2) is 0 Å². The number of hydrogen-bond donors (Lipinski definition) is 5. The first-order valence-corrected chi connectivity index (χ1v) is 13.8. The van der Waals surface area contributed by atoms with Crippen LogP contribution in [0.1, 0.15) is 45.1 Å². The molecule has 0 aliphatic carbocycles. The molecule has 2 unspecified atom stereocenters. The summed E-state index contributed by atoms with van der Waals surface area (Å²) < 4.78 is 0. The Kier molecular flexibility index (Phi) is 13.3. The van der Waals surface area contributed by atoms with Crippen LogP contribution < -0.4 is 21.7 Å². The number of carbonyl (C=O) groups excluding carboxylic acids is 4. The number of benzene rings is 2. The second-order valence-corrected chi connectivity index (χ2v) is 10.1. The fourth-order valence-corrected chi connectivity index (χ4v) is 4.97. The van der Waals surface area contributed by atoms with Gasteiger partial charge in [0.05, 0.1) is 12.6 Å². The highest BCUT2D eigenvalue weighted by Gasteiger charge is 2.37. The molecule has 1 heterocycles. The number of nitrogens with zero attached hydrogens (tertiary/aromatic N) is 1. The van der Waals surface area contributed by atoms with Gasteiger partial charge in [0.25, 0.3) is 0 Å². The second kappa shape index (κ2) is 16.2. The molecule has 0 bridgehead atoms. The van der Waals surface area contributed by atoms with Crippen LogP contribution in [0.25, 0.3) is 10.8 Å². The lowest BCUT2D eigenvalue weighted by atomic mass is 10.00. The zero-order valence-corrected chi connectivity index (χ0v) is 24.0. The largest absolute Gasteiger partial charge is 0.389 e.